The third kappa shape index (κ3) is 4.27. The quantitative estimate of drug-likeness (QED) is 0.665. The lowest BCUT2D eigenvalue weighted by Crippen LogP contribution is -2.39. The van der Waals surface area contributed by atoms with Gasteiger partial charge < -0.3 is 4.57 Å². The lowest BCUT2D eigenvalue weighted by molar-refractivity contribution is 0.258. The van der Waals surface area contributed by atoms with Crippen LogP contribution in [0.1, 0.15) is 24.9 Å². The molecule has 1 aliphatic heterocycles. The van der Waals surface area contributed by atoms with E-state index in [0.717, 1.165) is 30.5 Å². The topological polar surface area (TPSA) is 67.2 Å². The summed E-state index contributed by atoms with van der Waals surface area (Å²) < 4.78 is 30.0. The van der Waals surface area contributed by atoms with Gasteiger partial charge in [0.2, 0.25) is 10.0 Å². The summed E-state index contributed by atoms with van der Waals surface area (Å²) in [7, 11) is -3.35. The molecule has 6 nitrogen and oxygen atoms in total. The average molecular weight is 399 g/mol. The van der Waals surface area contributed by atoms with E-state index in [-0.39, 0.29) is 17.8 Å². The summed E-state index contributed by atoms with van der Waals surface area (Å²) in [5.41, 5.74) is 3.11. The van der Waals surface area contributed by atoms with Gasteiger partial charge in [-0.05, 0) is 31.0 Å². The fourth-order valence-electron chi connectivity index (χ4n) is 3.90. The average Bonchev–Trinajstić information content (AvgIpc) is 3.33. The highest BCUT2D eigenvalue weighted by molar-refractivity contribution is 7.89. The molecule has 0 aliphatic carbocycles. The van der Waals surface area contributed by atoms with E-state index in [1.165, 1.54) is 5.56 Å². The first-order chi connectivity index (χ1) is 13.5. The normalized spacial score (nSPS) is 19.2. The van der Waals surface area contributed by atoms with Crippen molar-refractivity contribution in [1.29, 1.82) is 0 Å². The van der Waals surface area contributed by atoms with Crippen LogP contribution in [0.4, 0.5) is 0 Å². The Kier molecular flexibility index (Phi) is 5.48. The Morgan fingerprint density at radius 1 is 1.14 bits per heavy atom. The molecular weight excluding hydrogens is 372 g/mol. The number of nitrogens with zero attached hydrogens (tertiary/aromatic N) is 3. The molecule has 1 fully saturated rings. The van der Waals surface area contributed by atoms with E-state index in [4.69, 9.17) is 0 Å². The van der Waals surface area contributed by atoms with Crippen LogP contribution in [0.3, 0.4) is 0 Å². The molecule has 2 aromatic carbocycles. The number of rotatable bonds is 7. The minimum Gasteiger partial charge on any atom is -0.330 e. The van der Waals surface area contributed by atoms with Gasteiger partial charge in [-0.15, -0.1) is 0 Å². The Hall–Kier alpha value is -2.22. The van der Waals surface area contributed by atoms with Crippen molar-refractivity contribution in [2.24, 2.45) is 0 Å². The van der Waals surface area contributed by atoms with Crippen molar-refractivity contribution in [3.8, 4) is 0 Å². The van der Waals surface area contributed by atoms with E-state index in [9.17, 15) is 8.42 Å². The number of likely N-dealkylation sites (tertiary alicyclic amines) is 1. The molecule has 0 bridgehead atoms. The second-order valence-corrected chi connectivity index (χ2v) is 9.30. The zero-order valence-electron chi connectivity index (χ0n) is 16.0. The van der Waals surface area contributed by atoms with Gasteiger partial charge in [-0.3, -0.25) is 4.90 Å². The van der Waals surface area contributed by atoms with Gasteiger partial charge in [0.1, 0.15) is 0 Å². The second kappa shape index (κ2) is 8.03. The Balaban J connectivity index is 1.33. The highest BCUT2D eigenvalue weighted by Crippen LogP contribution is 2.24. The van der Waals surface area contributed by atoms with Gasteiger partial charge in [-0.2, -0.15) is 0 Å². The molecule has 3 aromatic rings. The van der Waals surface area contributed by atoms with E-state index >= 15 is 0 Å². The molecule has 0 spiro atoms. The minimum atomic E-state index is -3.35. The molecule has 148 valence electrons. The number of sulfonamides is 1. The highest BCUT2D eigenvalue weighted by atomic mass is 32.2. The van der Waals surface area contributed by atoms with Gasteiger partial charge in [0.15, 0.2) is 0 Å². The van der Waals surface area contributed by atoms with Crippen LogP contribution < -0.4 is 4.72 Å². The molecular formula is C21H26N4O2S. The second-order valence-electron chi connectivity index (χ2n) is 7.43. The van der Waals surface area contributed by atoms with Crippen molar-refractivity contribution in [2.45, 2.75) is 32.0 Å². The zero-order valence-corrected chi connectivity index (χ0v) is 16.8. The van der Waals surface area contributed by atoms with Crippen LogP contribution in [0.15, 0.2) is 60.9 Å². The van der Waals surface area contributed by atoms with E-state index in [0.29, 0.717) is 6.54 Å². The first-order valence-corrected chi connectivity index (χ1v) is 11.4. The van der Waals surface area contributed by atoms with Gasteiger partial charge in [-0.25, -0.2) is 18.1 Å². The molecule has 2 heterocycles. The van der Waals surface area contributed by atoms with Crippen molar-refractivity contribution in [2.75, 3.05) is 18.8 Å². The maximum Gasteiger partial charge on any atom is 0.213 e. The summed E-state index contributed by atoms with van der Waals surface area (Å²) in [6.45, 7) is 4.21. The van der Waals surface area contributed by atoms with Crippen LogP contribution in [0, 0.1) is 0 Å². The highest BCUT2D eigenvalue weighted by Gasteiger charge is 2.29. The Labute approximate surface area is 166 Å². The number of nitrogens with one attached hydrogen (secondary N) is 1. The van der Waals surface area contributed by atoms with Gasteiger partial charge in [0, 0.05) is 31.7 Å². The molecule has 2 atom stereocenters. The lowest BCUT2D eigenvalue weighted by Gasteiger charge is -2.24. The van der Waals surface area contributed by atoms with Crippen molar-refractivity contribution in [1.82, 2.24) is 19.2 Å². The molecule has 0 radical (unpaired) electrons. The fourth-order valence-corrected chi connectivity index (χ4v) is 5.15. The first-order valence-electron chi connectivity index (χ1n) is 9.71. The molecule has 4 rings (SSSR count). The molecule has 1 N–H and O–H groups in total. The third-order valence-electron chi connectivity index (χ3n) is 5.52. The van der Waals surface area contributed by atoms with Crippen LogP contribution in [0.5, 0.6) is 0 Å². The number of aromatic nitrogens is 2. The summed E-state index contributed by atoms with van der Waals surface area (Å²) in [6, 6.07) is 18.4. The largest absolute Gasteiger partial charge is 0.330 e. The van der Waals surface area contributed by atoms with E-state index in [1.807, 2.05) is 47.0 Å². The lowest BCUT2D eigenvalue weighted by atomic mass is 10.1. The Morgan fingerprint density at radius 3 is 2.71 bits per heavy atom. The molecule has 1 saturated heterocycles. The first kappa shape index (κ1) is 19.1. The summed E-state index contributed by atoms with van der Waals surface area (Å²) in [5.74, 6) is 0.0537. The number of hydrogen-bond donors (Lipinski definition) is 1. The summed E-state index contributed by atoms with van der Waals surface area (Å²) in [4.78, 5) is 6.66. The predicted molar refractivity (Wildman–Crippen MR) is 111 cm³/mol. The Bertz CT molecular complexity index is 1030. The van der Waals surface area contributed by atoms with Crippen LogP contribution in [-0.4, -0.2) is 47.8 Å². The van der Waals surface area contributed by atoms with Crippen LogP contribution in [0.2, 0.25) is 0 Å². The number of para-hydroxylation sites is 2. The molecule has 0 amide bonds. The van der Waals surface area contributed by atoms with E-state index in [2.05, 4.69) is 33.7 Å². The van der Waals surface area contributed by atoms with Gasteiger partial charge >= 0.3 is 0 Å². The maximum atomic E-state index is 12.6. The fraction of sp³-hybridized carbons (Fsp3) is 0.381. The number of hydrogen-bond acceptors (Lipinski definition) is 4. The summed E-state index contributed by atoms with van der Waals surface area (Å²) in [5, 5.41) is 0. The third-order valence-corrected chi connectivity index (χ3v) is 6.94. The van der Waals surface area contributed by atoms with Crippen molar-refractivity contribution < 1.29 is 8.42 Å². The summed E-state index contributed by atoms with van der Waals surface area (Å²) >= 11 is 0. The van der Waals surface area contributed by atoms with Crippen LogP contribution in [-0.2, 0) is 16.6 Å². The predicted octanol–water partition coefficient (Wildman–Crippen LogP) is 2.79. The van der Waals surface area contributed by atoms with Crippen molar-refractivity contribution in [3.05, 3.63) is 66.5 Å². The monoisotopic (exact) mass is 398 g/mol. The molecule has 28 heavy (non-hydrogen) atoms. The molecule has 1 aromatic heterocycles. The number of imidazole rings is 1. The number of fused-ring (bicyclic) bond motifs is 1. The van der Waals surface area contributed by atoms with Crippen molar-refractivity contribution in [3.63, 3.8) is 0 Å². The number of aryl methyl sites for hydroxylation is 1. The SMILES string of the molecule is C[C@@H](c1ccccc1)N1CC[C@@H](NS(=O)(=O)CCn2cnc3ccccc32)C1. The maximum absolute atomic E-state index is 12.6. The van der Waals surface area contributed by atoms with Gasteiger partial charge in [0.25, 0.3) is 0 Å². The van der Waals surface area contributed by atoms with E-state index in [1.54, 1.807) is 6.33 Å². The van der Waals surface area contributed by atoms with Crippen LogP contribution >= 0.6 is 0 Å². The van der Waals surface area contributed by atoms with Gasteiger partial charge in [0.05, 0.1) is 23.1 Å². The molecule has 1 aliphatic rings. The van der Waals surface area contributed by atoms with Crippen LogP contribution in [0.25, 0.3) is 11.0 Å². The molecule has 0 unspecified atom stereocenters. The Morgan fingerprint density at radius 2 is 1.89 bits per heavy atom. The number of benzene rings is 2. The molecule has 0 saturated carbocycles. The zero-order chi connectivity index (χ0) is 19.6. The smallest absolute Gasteiger partial charge is 0.213 e. The van der Waals surface area contributed by atoms with E-state index < -0.39 is 10.0 Å². The molecule has 7 heteroatoms. The minimum absolute atomic E-state index is 0.0318. The summed E-state index contributed by atoms with van der Waals surface area (Å²) in [6.07, 6.45) is 2.55. The van der Waals surface area contributed by atoms with Crippen molar-refractivity contribution >= 4 is 21.1 Å². The van der Waals surface area contributed by atoms with Gasteiger partial charge in [-0.1, -0.05) is 42.5 Å². The standard InChI is InChI=1S/C21H26N4O2S/c1-17(18-7-3-2-4-8-18)24-12-11-19(15-24)23-28(26,27)14-13-25-16-22-20-9-5-6-10-21(20)25/h2-10,16-17,19,23H,11-15H2,1H3/t17-,19+/m0/s1.